The van der Waals surface area contributed by atoms with Gasteiger partial charge < -0.3 is 5.11 Å². The molecule has 0 amide bonds. The average Bonchev–Trinajstić information content (AvgIpc) is 1.82. The van der Waals surface area contributed by atoms with Gasteiger partial charge in [0.1, 0.15) is 5.01 Å². The summed E-state index contributed by atoms with van der Waals surface area (Å²) in [5.74, 6) is 0. The summed E-state index contributed by atoms with van der Waals surface area (Å²) in [7, 11) is 0. The van der Waals surface area contributed by atoms with E-state index in [0.717, 1.165) is 18.2 Å². The molecular formula is C5H9Br3O. The van der Waals surface area contributed by atoms with Gasteiger partial charge in [0.05, 0.1) is 4.83 Å². The topological polar surface area (TPSA) is 20.2 Å². The summed E-state index contributed by atoms with van der Waals surface area (Å²) in [5, 5.41) is 9.48. The van der Waals surface area contributed by atoms with E-state index in [-0.39, 0.29) is 4.83 Å². The lowest BCUT2D eigenvalue weighted by Gasteiger charge is -2.08. The van der Waals surface area contributed by atoms with E-state index in [1.54, 1.807) is 0 Å². The van der Waals surface area contributed by atoms with Crippen LogP contribution in [0.4, 0.5) is 0 Å². The van der Waals surface area contributed by atoms with Crippen molar-refractivity contribution in [2.45, 2.75) is 22.7 Å². The minimum atomic E-state index is -0.420. The third-order valence-electron chi connectivity index (χ3n) is 0.912. The second kappa shape index (κ2) is 6.13. The molecule has 56 valence electrons. The van der Waals surface area contributed by atoms with E-state index in [0.29, 0.717) is 0 Å². The first kappa shape index (κ1) is 10.4. The maximum Gasteiger partial charge on any atom is 0.121 e. The Morgan fingerprint density at radius 3 is 2.22 bits per heavy atom. The van der Waals surface area contributed by atoms with Crippen molar-refractivity contribution in [3.8, 4) is 0 Å². The zero-order chi connectivity index (χ0) is 7.28. The number of aliphatic hydroxyl groups excluding tert-OH is 1. The van der Waals surface area contributed by atoms with Gasteiger partial charge in [-0.25, -0.2) is 0 Å². The summed E-state index contributed by atoms with van der Waals surface area (Å²) < 4.78 is 0. The Morgan fingerprint density at radius 2 is 1.89 bits per heavy atom. The molecule has 0 aliphatic rings. The zero-order valence-corrected chi connectivity index (χ0v) is 9.62. The van der Waals surface area contributed by atoms with Crippen LogP contribution in [0.1, 0.15) is 12.8 Å². The van der Waals surface area contributed by atoms with Crippen molar-refractivity contribution in [1.29, 1.82) is 0 Å². The molecule has 0 radical (unpaired) electrons. The first-order valence-corrected chi connectivity index (χ1v) is 5.66. The molecule has 2 atom stereocenters. The molecule has 0 heterocycles. The maximum atomic E-state index is 8.90. The largest absolute Gasteiger partial charge is 0.381 e. The average molecular weight is 325 g/mol. The number of hydrogen-bond donors (Lipinski definition) is 1. The molecule has 0 aromatic carbocycles. The van der Waals surface area contributed by atoms with E-state index in [1.807, 2.05) is 0 Å². The van der Waals surface area contributed by atoms with Crippen molar-refractivity contribution in [2.24, 2.45) is 0 Å². The van der Waals surface area contributed by atoms with Crippen molar-refractivity contribution in [3.63, 3.8) is 0 Å². The van der Waals surface area contributed by atoms with E-state index in [9.17, 15) is 0 Å². The molecular weight excluding hydrogens is 316 g/mol. The SMILES string of the molecule is OC(Br)C(Br)CCCBr. The van der Waals surface area contributed by atoms with E-state index < -0.39 is 5.01 Å². The number of rotatable bonds is 4. The highest BCUT2D eigenvalue weighted by Gasteiger charge is 2.10. The molecule has 0 fully saturated rings. The van der Waals surface area contributed by atoms with Crippen LogP contribution in [0.25, 0.3) is 0 Å². The lowest BCUT2D eigenvalue weighted by Crippen LogP contribution is -2.12. The molecule has 0 saturated carbocycles. The Hall–Kier alpha value is 1.40. The maximum absolute atomic E-state index is 8.90. The third-order valence-corrected chi connectivity index (χ3v) is 3.78. The molecule has 0 aliphatic carbocycles. The van der Waals surface area contributed by atoms with Crippen LogP contribution in [0.5, 0.6) is 0 Å². The first-order chi connectivity index (χ1) is 4.18. The van der Waals surface area contributed by atoms with E-state index >= 15 is 0 Å². The summed E-state index contributed by atoms with van der Waals surface area (Å²) in [6.07, 6.45) is 2.07. The molecule has 0 saturated heterocycles. The number of halogens is 3. The summed E-state index contributed by atoms with van der Waals surface area (Å²) in [6, 6.07) is 0. The van der Waals surface area contributed by atoms with Crippen LogP contribution < -0.4 is 0 Å². The summed E-state index contributed by atoms with van der Waals surface area (Å²) in [4.78, 5) is 0.176. The van der Waals surface area contributed by atoms with Gasteiger partial charge in [-0.1, -0.05) is 47.8 Å². The molecule has 0 aromatic heterocycles. The van der Waals surface area contributed by atoms with Crippen LogP contribution >= 0.6 is 47.8 Å². The van der Waals surface area contributed by atoms with Gasteiger partial charge in [-0.3, -0.25) is 0 Å². The van der Waals surface area contributed by atoms with Crippen LogP contribution in [-0.4, -0.2) is 20.3 Å². The molecule has 0 bridgehead atoms. The predicted octanol–water partition coefficient (Wildman–Crippen LogP) is 2.64. The molecule has 0 aromatic rings. The highest BCUT2D eigenvalue weighted by Crippen LogP contribution is 2.17. The standard InChI is InChI=1S/C5H9Br3O/c6-3-1-2-4(7)5(8)9/h4-5,9H,1-3H2. The van der Waals surface area contributed by atoms with Crippen LogP contribution in [0.15, 0.2) is 0 Å². The summed E-state index contributed by atoms with van der Waals surface area (Å²) in [5.41, 5.74) is 0. The molecule has 0 rings (SSSR count). The van der Waals surface area contributed by atoms with E-state index in [2.05, 4.69) is 47.8 Å². The third kappa shape index (κ3) is 5.83. The summed E-state index contributed by atoms with van der Waals surface area (Å²) in [6.45, 7) is 0. The number of alkyl halides is 3. The number of aliphatic hydroxyl groups is 1. The monoisotopic (exact) mass is 322 g/mol. The fourth-order valence-corrected chi connectivity index (χ4v) is 1.32. The fourth-order valence-electron chi connectivity index (χ4n) is 0.410. The van der Waals surface area contributed by atoms with Crippen molar-refractivity contribution in [3.05, 3.63) is 0 Å². The Labute approximate surface area is 80.6 Å². The molecule has 9 heavy (non-hydrogen) atoms. The van der Waals surface area contributed by atoms with Crippen molar-refractivity contribution >= 4 is 47.8 Å². The lowest BCUT2D eigenvalue weighted by atomic mass is 10.3. The highest BCUT2D eigenvalue weighted by atomic mass is 79.9. The Kier molecular flexibility index (Phi) is 7.09. The Morgan fingerprint density at radius 1 is 1.33 bits per heavy atom. The second-order valence-corrected chi connectivity index (χ2v) is 4.63. The molecule has 4 heteroatoms. The zero-order valence-electron chi connectivity index (χ0n) is 4.86. The molecule has 2 unspecified atom stereocenters. The smallest absolute Gasteiger partial charge is 0.121 e. The van der Waals surface area contributed by atoms with Crippen LogP contribution in [-0.2, 0) is 0 Å². The van der Waals surface area contributed by atoms with Crippen LogP contribution in [0, 0.1) is 0 Å². The van der Waals surface area contributed by atoms with Gasteiger partial charge >= 0.3 is 0 Å². The highest BCUT2D eigenvalue weighted by molar-refractivity contribution is 9.12. The van der Waals surface area contributed by atoms with Crippen molar-refractivity contribution in [1.82, 2.24) is 0 Å². The van der Waals surface area contributed by atoms with E-state index in [1.165, 1.54) is 0 Å². The quantitative estimate of drug-likeness (QED) is 0.788. The molecule has 0 spiro atoms. The molecule has 0 aliphatic heterocycles. The van der Waals surface area contributed by atoms with Gasteiger partial charge in [0.2, 0.25) is 0 Å². The van der Waals surface area contributed by atoms with Gasteiger partial charge in [-0.15, -0.1) is 0 Å². The van der Waals surface area contributed by atoms with Gasteiger partial charge in [0.25, 0.3) is 0 Å². The van der Waals surface area contributed by atoms with Crippen LogP contribution in [0.2, 0.25) is 0 Å². The van der Waals surface area contributed by atoms with Crippen LogP contribution in [0.3, 0.4) is 0 Å². The number of hydrogen-bond acceptors (Lipinski definition) is 1. The summed E-state index contributed by atoms with van der Waals surface area (Å²) >= 11 is 9.70. The lowest BCUT2D eigenvalue weighted by molar-refractivity contribution is 0.264. The van der Waals surface area contributed by atoms with Gasteiger partial charge in [-0.05, 0) is 12.8 Å². The fraction of sp³-hybridized carbons (Fsp3) is 1.00. The van der Waals surface area contributed by atoms with E-state index in [4.69, 9.17) is 5.11 Å². The Balaban J connectivity index is 3.16. The second-order valence-electron chi connectivity index (χ2n) is 1.72. The minimum absolute atomic E-state index is 0.176. The molecule has 1 N–H and O–H groups in total. The minimum Gasteiger partial charge on any atom is -0.381 e. The van der Waals surface area contributed by atoms with Crippen molar-refractivity contribution < 1.29 is 5.11 Å². The van der Waals surface area contributed by atoms with Gasteiger partial charge in [-0.2, -0.15) is 0 Å². The van der Waals surface area contributed by atoms with Gasteiger partial charge in [0, 0.05) is 5.33 Å². The normalized spacial score (nSPS) is 17.3. The first-order valence-electron chi connectivity index (χ1n) is 2.70. The Bertz CT molecular complexity index is 67.2. The molecule has 1 nitrogen and oxygen atoms in total. The predicted molar refractivity (Wildman–Crippen MR) is 50.7 cm³/mol. The van der Waals surface area contributed by atoms with Crippen molar-refractivity contribution in [2.75, 3.05) is 5.33 Å². The van der Waals surface area contributed by atoms with Gasteiger partial charge in [0.15, 0.2) is 0 Å².